The number of carbonyl (C=O) groups excluding carboxylic acids is 1. The SMILES string of the molecule is CN(Cc1ccccc1Br)C(=O)c1oc2ccccc2c1CSc1ncccn1. The first kappa shape index (κ1) is 19.7. The summed E-state index contributed by atoms with van der Waals surface area (Å²) in [4.78, 5) is 23.4. The molecule has 2 aromatic heterocycles. The largest absolute Gasteiger partial charge is 0.451 e. The second-order valence-corrected chi connectivity index (χ2v) is 8.28. The van der Waals surface area contributed by atoms with E-state index in [0.717, 1.165) is 21.0 Å². The van der Waals surface area contributed by atoms with Gasteiger partial charge < -0.3 is 9.32 Å². The maximum absolute atomic E-state index is 13.2. The van der Waals surface area contributed by atoms with Gasteiger partial charge in [-0.25, -0.2) is 9.97 Å². The fourth-order valence-electron chi connectivity index (χ4n) is 3.04. The van der Waals surface area contributed by atoms with Crippen LogP contribution in [0.3, 0.4) is 0 Å². The lowest BCUT2D eigenvalue weighted by molar-refractivity contribution is 0.0754. The molecule has 0 aliphatic rings. The van der Waals surface area contributed by atoms with Gasteiger partial charge in [-0.1, -0.05) is 64.1 Å². The quantitative estimate of drug-likeness (QED) is 0.274. The molecule has 0 saturated heterocycles. The molecule has 0 spiro atoms. The number of benzene rings is 2. The number of furan rings is 1. The Balaban J connectivity index is 1.63. The third-order valence-electron chi connectivity index (χ3n) is 4.49. The van der Waals surface area contributed by atoms with Gasteiger partial charge in [0.1, 0.15) is 5.58 Å². The Morgan fingerprint density at radius 1 is 1.07 bits per heavy atom. The molecule has 29 heavy (non-hydrogen) atoms. The van der Waals surface area contributed by atoms with Crippen LogP contribution in [0.25, 0.3) is 11.0 Å². The molecule has 0 aliphatic heterocycles. The van der Waals surface area contributed by atoms with Crippen LogP contribution < -0.4 is 0 Å². The first-order valence-corrected chi connectivity index (χ1v) is 10.8. The number of amides is 1. The van der Waals surface area contributed by atoms with Crippen molar-refractivity contribution in [3.63, 3.8) is 0 Å². The summed E-state index contributed by atoms with van der Waals surface area (Å²) in [5, 5.41) is 1.60. The number of fused-ring (bicyclic) bond motifs is 1. The summed E-state index contributed by atoms with van der Waals surface area (Å²) < 4.78 is 6.95. The molecular weight excluding hydrogens is 450 g/mol. The highest BCUT2D eigenvalue weighted by Gasteiger charge is 2.24. The van der Waals surface area contributed by atoms with Crippen molar-refractivity contribution in [2.24, 2.45) is 0 Å². The van der Waals surface area contributed by atoms with E-state index >= 15 is 0 Å². The smallest absolute Gasteiger partial charge is 0.289 e. The second kappa shape index (κ2) is 8.80. The molecule has 0 radical (unpaired) electrons. The predicted octanol–water partition coefficient (Wildman–Crippen LogP) is 5.55. The van der Waals surface area contributed by atoms with Crippen LogP contribution in [0.5, 0.6) is 0 Å². The van der Waals surface area contributed by atoms with Crippen molar-refractivity contribution < 1.29 is 9.21 Å². The predicted molar refractivity (Wildman–Crippen MR) is 118 cm³/mol. The molecule has 0 aliphatic carbocycles. The fraction of sp³-hybridized carbons (Fsp3) is 0.136. The van der Waals surface area contributed by atoms with Gasteiger partial charge in [0.15, 0.2) is 10.9 Å². The monoisotopic (exact) mass is 467 g/mol. The number of thioether (sulfide) groups is 1. The van der Waals surface area contributed by atoms with Gasteiger partial charge in [0.25, 0.3) is 5.91 Å². The van der Waals surface area contributed by atoms with E-state index in [1.54, 1.807) is 30.4 Å². The molecule has 0 atom stereocenters. The van der Waals surface area contributed by atoms with Crippen LogP contribution in [-0.4, -0.2) is 27.8 Å². The number of carbonyl (C=O) groups is 1. The number of para-hydroxylation sites is 1. The van der Waals surface area contributed by atoms with Gasteiger partial charge in [0, 0.05) is 47.2 Å². The summed E-state index contributed by atoms with van der Waals surface area (Å²) in [7, 11) is 1.78. The highest BCUT2D eigenvalue weighted by atomic mass is 79.9. The summed E-state index contributed by atoms with van der Waals surface area (Å²) in [6.07, 6.45) is 3.42. The van der Waals surface area contributed by atoms with Gasteiger partial charge in [-0.2, -0.15) is 0 Å². The van der Waals surface area contributed by atoms with E-state index < -0.39 is 0 Å². The Morgan fingerprint density at radius 2 is 1.79 bits per heavy atom. The summed E-state index contributed by atoms with van der Waals surface area (Å²) >= 11 is 5.03. The molecule has 0 N–H and O–H groups in total. The van der Waals surface area contributed by atoms with Crippen molar-refractivity contribution in [3.05, 3.63) is 88.4 Å². The zero-order chi connectivity index (χ0) is 20.2. The molecule has 7 heteroatoms. The van der Waals surface area contributed by atoms with Crippen LogP contribution in [0, 0.1) is 0 Å². The average Bonchev–Trinajstić information content (AvgIpc) is 3.12. The third kappa shape index (κ3) is 4.36. The molecule has 1 amide bonds. The van der Waals surface area contributed by atoms with Crippen molar-refractivity contribution in [2.75, 3.05) is 7.05 Å². The van der Waals surface area contributed by atoms with Crippen LogP contribution in [0.15, 0.2) is 81.0 Å². The Kier molecular flexibility index (Phi) is 5.97. The van der Waals surface area contributed by atoms with Crippen LogP contribution in [0.2, 0.25) is 0 Å². The van der Waals surface area contributed by atoms with Crippen molar-refractivity contribution >= 4 is 44.6 Å². The second-order valence-electron chi connectivity index (χ2n) is 6.48. The minimum absolute atomic E-state index is 0.151. The normalized spacial score (nSPS) is 11.0. The molecule has 4 rings (SSSR count). The molecule has 2 heterocycles. The van der Waals surface area contributed by atoms with E-state index in [1.807, 2.05) is 48.5 Å². The van der Waals surface area contributed by atoms with Crippen molar-refractivity contribution in [1.82, 2.24) is 14.9 Å². The number of hydrogen-bond acceptors (Lipinski definition) is 5. The van der Waals surface area contributed by atoms with Crippen LogP contribution in [0.1, 0.15) is 21.7 Å². The summed E-state index contributed by atoms with van der Waals surface area (Å²) in [6, 6.07) is 17.4. The van der Waals surface area contributed by atoms with Crippen molar-refractivity contribution in [3.8, 4) is 0 Å². The molecule has 5 nitrogen and oxygen atoms in total. The molecule has 0 fully saturated rings. The fourth-order valence-corrected chi connectivity index (χ4v) is 4.28. The first-order chi connectivity index (χ1) is 14.1. The number of hydrogen-bond donors (Lipinski definition) is 0. The van der Waals surface area contributed by atoms with E-state index in [2.05, 4.69) is 25.9 Å². The lowest BCUT2D eigenvalue weighted by atomic mass is 10.1. The number of halogens is 1. The van der Waals surface area contributed by atoms with Gasteiger partial charge in [-0.3, -0.25) is 4.79 Å². The maximum Gasteiger partial charge on any atom is 0.289 e. The van der Waals surface area contributed by atoms with Crippen LogP contribution in [-0.2, 0) is 12.3 Å². The standard InChI is InChI=1S/C22H18BrN3O2S/c1-26(13-15-7-2-4-9-18(15)23)21(27)20-17(14-29-22-24-11-6-12-25-22)16-8-3-5-10-19(16)28-20/h2-12H,13-14H2,1H3. The Morgan fingerprint density at radius 3 is 2.59 bits per heavy atom. The number of nitrogens with zero attached hydrogens (tertiary/aromatic N) is 3. The zero-order valence-corrected chi connectivity index (χ0v) is 18.1. The van der Waals surface area contributed by atoms with E-state index in [-0.39, 0.29) is 5.91 Å². The average molecular weight is 468 g/mol. The molecule has 0 saturated carbocycles. The van der Waals surface area contributed by atoms with Crippen molar-refractivity contribution in [1.29, 1.82) is 0 Å². The Labute approximate surface area is 181 Å². The third-order valence-corrected chi connectivity index (χ3v) is 6.17. The van der Waals surface area contributed by atoms with E-state index in [9.17, 15) is 4.79 Å². The first-order valence-electron chi connectivity index (χ1n) is 9.02. The van der Waals surface area contributed by atoms with Gasteiger partial charge in [0.05, 0.1) is 0 Å². The topological polar surface area (TPSA) is 59.2 Å². The van der Waals surface area contributed by atoms with E-state index in [4.69, 9.17) is 4.42 Å². The highest BCUT2D eigenvalue weighted by molar-refractivity contribution is 9.10. The summed E-state index contributed by atoms with van der Waals surface area (Å²) in [5.74, 6) is 0.760. The van der Waals surface area contributed by atoms with Crippen molar-refractivity contribution in [2.45, 2.75) is 17.5 Å². The minimum Gasteiger partial charge on any atom is -0.451 e. The lowest BCUT2D eigenvalue weighted by Crippen LogP contribution is -2.26. The number of aromatic nitrogens is 2. The zero-order valence-electron chi connectivity index (χ0n) is 15.7. The molecule has 146 valence electrons. The van der Waals surface area contributed by atoms with Gasteiger partial charge in [0.2, 0.25) is 0 Å². The lowest BCUT2D eigenvalue weighted by Gasteiger charge is -2.17. The van der Waals surface area contributed by atoms with Gasteiger partial charge in [-0.15, -0.1) is 0 Å². The van der Waals surface area contributed by atoms with Crippen LogP contribution in [0.4, 0.5) is 0 Å². The summed E-state index contributed by atoms with van der Waals surface area (Å²) in [6.45, 7) is 0.478. The molecule has 2 aromatic carbocycles. The van der Waals surface area contributed by atoms with Gasteiger partial charge in [-0.05, 0) is 23.8 Å². The Hall–Kier alpha value is -2.64. The molecular formula is C22H18BrN3O2S. The van der Waals surface area contributed by atoms with Crippen LogP contribution >= 0.6 is 27.7 Å². The van der Waals surface area contributed by atoms with E-state index in [1.165, 1.54) is 11.8 Å². The Bertz CT molecular complexity index is 1150. The molecule has 4 aromatic rings. The summed E-state index contributed by atoms with van der Waals surface area (Å²) in [5.41, 5.74) is 2.60. The number of rotatable bonds is 6. The van der Waals surface area contributed by atoms with Gasteiger partial charge >= 0.3 is 0 Å². The maximum atomic E-state index is 13.2. The van der Waals surface area contributed by atoms with E-state index in [0.29, 0.717) is 28.8 Å². The highest BCUT2D eigenvalue weighted by Crippen LogP contribution is 2.32. The molecule has 0 unspecified atom stereocenters. The minimum atomic E-state index is -0.151. The molecule has 0 bridgehead atoms.